The number of urea groups is 1. The second-order valence-corrected chi connectivity index (χ2v) is 25.8. The van der Waals surface area contributed by atoms with Crippen molar-refractivity contribution >= 4 is 98.9 Å². The number of pyridine rings is 1. The lowest BCUT2D eigenvalue weighted by atomic mass is 9.89. The van der Waals surface area contributed by atoms with E-state index >= 15 is 0 Å². The van der Waals surface area contributed by atoms with E-state index in [4.69, 9.17) is 65.1 Å². The number of Topliss-reactive ketones (excluding diaryl/α,β-unsaturated/α-hetero) is 2. The number of imidazole rings is 1. The number of alkyl halides is 1. The predicted molar refractivity (Wildman–Crippen MR) is 392 cm³/mol. The summed E-state index contributed by atoms with van der Waals surface area (Å²) in [5.41, 5.74) is 10.0. The smallest absolute Gasteiger partial charge is 0.415 e. The number of rotatable bonds is 45. The number of ether oxygens (including phenoxy) is 9. The van der Waals surface area contributed by atoms with E-state index in [-0.39, 0.29) is 153 Å². The second kappa shape index (κ2) is 42.3. The topological polar surface area (TPSA) is 387 Å². The molecule has 32 heteroatoms. The van der Waals surface area contributed by atoms with Gasteiger partial charge in [-0.2, -0.15) is 0 Å². The Hall–Kier alpha value is -10.1. The summed E-state index contributed by atoms with van der Waals surface area (Å²) in [5, 5.41) is 27.4. The lowest BCUT2D eigenvalue weighted by molar-refractivity contribution is -0.137. The van der Waals surface area contributed by atoms with E-state index in [0.717, 1.165) is 33.6 Å². The molecule has 9 amide bonds. The van der Waals surface area contributed by atoms with Crippen LogP contribution in [-0.2, 0) is 65.4 Å². The highest BCUT2D eigenvalue weighted by Gasteiger charge is 2.38. The molecule has 0 radical (unpaired) electrons. The van der Waals surface area contributed by atoms with Crippen LogP contribution in [-0.4, -0.2) is 245 Å². The minimum Gasteiger partial charge on any atom is -0.491 e. The average Bonchev–Trinajstić information content (AvgIpc) is 1.61. The number of aliphatic hydroxyl groups excluding tert-OH is 2. The van der Waals surface area contributed by atoms with Gasteiger partial charge in [-0.15, -0.1) is 11.6 Å². The van der Waals surface area contributed by atoms with Gasteiger partial charge in [0.05, 0.1) is 97.6 Å². The van der Waals surface area contributed by atoms with Crippen LogP contribution in [0.3, 0.4) is 0 Å². The minimum absolute atomic E-state index is 0.0000763. The maximum atomic E-state index is 14.8. The highest BCUT2D eigenvalue weighted by Crippen LogP contribution is 2.47. The van der Waals surface area contributed by atoms with Crippen LogP contribution in [0.25, 0.3) is 16.4 Å². The van der Waals surface area contributed by atoms with Crippen LogP contribution in [0.1, 0.15) is 82.1 Å². The number of aromatic nitrogens is 2. The number of nitrogens with one attached hydrogen (secondary N) is 3. The first kappa shape index (κ1) is 82.5. The third kappa shape index (κ3) is 24.7. The third-order valence-electron chi connectivity index (χ3n) is 17.4. The number of imide groups is 1. The number of alkyl carbamates (subject to hydrolysis) is 1. The number of benzene rings is 4. The summed E-state index contributed by atoms with van der Waals surface area (Å²) in [7, 11) is 1.49. The number of amides is 9. The molecule has 0 saturated heterocycles. The lowest BCUT2D eigenvalue weighted by Crippen LogP contribution is -2.46. The number of aryl methyl sites for hydroxylation is 1. The van der Waals surface area contributed by atoms with Crippen molar-refractivity contribution in [2.24, 2.45) is 17.6 Å². The van der Waals surface area contributed by atoms with Crippen LogP contribution in [0.2, 0.25) is 0 Å². The quantitative estimate of drug-likeness (QED) is 0.0105. The van der Waals surface area contributed by atoms with Crippen molar-refractivity contribution in [1.82, 2.24) is 34.7 Å². The van der Waals surface area contributed by atoms with E-state index in [1.165, 1.54) is 16.8 Å². The van der Waals surface area contributed by atoms with Crippen LogP contribution >= 0.6 is 11.6 Å². The maximum Gasteiger partial charge on any atom is 0.415 e. The number of halogens is 1. The monoisotopic (exact) mass is 1500 g/mol. The molecular weight excluding hydrogens is 1410 g/mol. The molecule has 3 atom stereocenters. The highest BCUT2D eigenvalue weighted by atomic mass is 35.5. The van der Waals surface area contributed by atoms with E-state index < -0.39 is 71.6 Å². The van der Waals surface area contributed by atoms with Gasteiger partial charge in [-0.05, 0) is 95.8 Å². The Bertz CT molecular complexity index is 4040. The molecule has 4 aromatic carbocycles. The third-order valence-corrected chi connectivity index (χ3v) is 17.8. The number of hydrogen-bond acceptors (Lipinski definition) is 22. The Morgan fingerprint density at radius 1 is 0.738 bits per heavy atom. The zero-order valence-corrected chi connectivity index (χ0v) is 61.1. The number of carbonyl (C=O) groups excluding carboxylic acids is 10. The molecule has 0 spiro atoms. The molecule has 8 rings (SSSR count). The number of carbonyl (C=O) groups is 10. The number of nitrogens with two attached hydrogens (primary N) is 1. The van der Waals surface area contributed by atoms with E-state index in [1.54, 1.807) is 102 Å². The fraction of sp³-hybridized carbons (Fsp3) is 0.453. The first-order valence-corrected chi connectivity index (χ1v) is 35.8. The summed E-state index contributed by atoms with van der Waals surface area (Å²) in [6.45, 7) is 7.36. The standard InChI is InChI=1S/C75H93ClN10O21/c1-49(2)69(81-73(96)105-40-38-100-30-26-85-65(91)20-21-66(85)92)62(90)42-54(8-6-22-78-72(77)95)70(93)79-56-15-10-51(11-16-56)48-106-74(97)82(4)23-24-83(25-29-99-31-27-87)75(98)107-63-43-60-68(67-50(3)7-5-9-58(63)67)55(44-76)46-86(60)71(94)59-47-84-45-52(12-19-64(84)80-59)41-61(89)53-13-17-57(18-14-53)104-39-37-103-36-35-102-34-33-101-32-28-88/h5,7,9-21,43,45,47,49,54-55,69,87-88H,6,8,22-42,44,46,48H2,1-4H3,(H,79,93)(H,81,96)(H3,77,78,95)/t54-,55-,69+/m1/s1. The molecule has 0 fully saturated rings. The number of anilines is 2. The van der Waals surface area contributed by atoms with Crippen molar-refractivity contribution in [3.63, 3.8) is 0 Å². The van der Waals surface area contributed by atoms with Gasteiger partial charge >= 0.3 is 24.3 Å². The van der Waals surface area contributed by atoms with Crippen molar-refractivity contribution in [1.29, 1.82) is 0 Å². The van der Waals surface area contributed by atoms with Crippen molar-refractivity contribution in [3.05, 3.63) is 143 Å². The SMILES string of the molecule is Cc1cccc2c(OC(=O)N(CCOCCO)CCN(C)C(=O)OCc3ccc(NC(=O)[C@H](CCCNC(N)=O)CC(=O)[C@@H](NC(=O)OCCOCCN4C(=O)C=CC4=O)C(C)C)cc3)cc3c(c12)[C@H](CCl)CN3C(=O)c1cn2cc(CC(=O)c3ccc(OCCOCCOCCOCCO)cc3)ccc2n1. The van der Waals surface area contributed by atoms with Gasteiger partial charge in [-0.25, -0.2) is 24.2 Å². The Morgan fingerprint density at radius 2 is 1.40 bits per heavy atom. The van der Waals surface area contributed by atoms with Crippen LogP contribution in [0.5, 0.6) is 11.5 Å². The van der Waals surface area contributed by atoms with Crippen LogP contribution in [0, 0.1) is 18.8 Å². The summed E-state index contributed by atoms with van der Waals surface area (Å²) < 4.78 is 51.7. The molecule has 576 valence electrons. The molecule has 0 bridgehead atoms. The number of nitrogens with zero attached hydrogens (tertiary/aromatic N) is 6. The fourth-order valence-corrected chi connectivity index (χ4v) is 12.1. The van der Waals surface area contributed by atoms with Crippen LogP contribution < -0.4 is 36.1 Å². The number of aliphatic hydroxyl groups is 2. The predicted octanol–water partition coefficient (Wildman–Crippen LogP) is 6.36. The molecule has 2 aliphatic heterocycles. The molecule has 0 unspecified atom stereocenters. The van der Waals surface area contributed by atoms with E-state index in [0.29, 0.717) is 84.5 Å². The van der Waals surface area contributed by atoms with Crippen molar-refractivity contribution < 1.29 is 101 Å². The van der Waals surface area contributed by atoms with Gasteiger partial charge in [-0.1, -0.05) is 50.2 Å². The molecule has 107 heavy (non-hydrogen) atoms. The number of primary amides is 1. The van der Waals surface area contributed by atoms with E-state index in [9.17, 15) is 53.1 Å². The van der Waals surface area contributed by atoms with Crippen molar-refractivity contribution in [3.8, 4) is 11.5 Å². The van der Waals surface area contributed by atoms with Gasteiger partial charge in [0.1, 0.15) is 42.7 Å². The van der Waals surface area contributed by atoms with Crippen LogP contribution in [0.15, 0.2) is 109 Å². The number of hydrogen-bond donors (Lipinski definition) is 6. The average molecular weight is 1510 g/mol. The summed E-state index contributed by atoms with van der Waals surface area (Å²) in [5.74, 6) is -3.21. The van der Waals surface area contributed by atoms with Gasteiger partial charge in [0.25, 0.3) is 17.7 Å². The molecule has 0 saturated carbocycles. The van der Waals surface area contributed by atoms with Gasteiger partial charge in [0, 0.05) is 118 Å². The summed E-state index contributed by atoms with van der Waals surface area (Å²) in [6.07, 6.45) is 3.46. The highest BCUT2D eigenvalue weighted by molar-refractivity contribution is 6.19. The molecule has 7 N–H and O–H groups in total. The summed E-state index contributed by atoms with van der Waals surface area (Å²) in [4.78, 5) is 142. The van der Waals surface area contributed by atoms with Gasteiger partial charge in [0.2, 0.25) is 5.91 Å². The normalized spacial score (nSPS) is 13.7. The van der Waals surface area contributed by atoms with E-state index in [1.807, 2.05) is 25.1 Å². The fourth-order valence-electron chi connectivity index (χ4n) is 11.8. The first-order valence-electron chi connectivity index (χ1n) is 35.2. The zero-order valence-electron chi connectivity index (χ0n) is 60.4. The van der Waals surface area contributed by atoms with Crippen molar-refractivity contribution in [2.45, 2.75) is 65.0 Å². The van der Waals surface area contributed by atoms with E-state index in [2.05, 4.69) is 20.9 Å². The van der Waals surface area contributed by atoms with Gasteiger partial charge < -0.3 is 93.6 Å². The Kier molecular flexibility index (Phi) is 32.6. The van der Waals surface area contributed by atoms with Crippen molar-refractivity contribution in [2.75, 3.05) is 155 Å². The maximum absolute atomic E-state index is 14.8. The summed E-state index contributed by atoms with van der Waals surface area (Å²) in [6, 6.07) is 22.2. The molecule has 6 aromatic rings. The largest absolute Gasteiger partial charge is 0.491 e. The zero-order chi connectivity index (χ0) is 76.8. The summed E-state index contributed by atoms with van der Waals surface area (Å²) >= 11 is 6.70. The molecular formula is C75H93ClN10O21. The van der Waals surface area contributed by atoms with Gasteiger partial charge in [-0.3, -0.25) is 33.7 Å². The number of ketones is 2. The van der Waals surface area contributed by atoms with Gasteiger partial charge in [0.15, 0.2) is 11.6 Å². The number of likely N-dealkylation sites (N-methyl/N-ethyl adjacent to an activating group) is 1. The molecule has 4 heterocycles. The van der Waals surface area contributed by atoms with Crippen LogP contribution in [0.4, 0.5) is 30.6 Å². The molecule has 2 aromatic heterocycles. The first-order chi connectivity index (χ1) is 51.7. The molecule has 31 nitrogen and oxygen atoms in total. The second-order valence-electron chi connectivity index (χ2n) is 25.5. The minimum atomic E-state index is -1.04. The Labute approximate surface area is 623 Å². The molecule has 0 aliphatic carbocycles. The Balaban J connectivity index is 0.847. The number of fused-ring (bicyclic) bond motifs is 4. The Morgan fingerprint density at radius 3 is 2.08 bits per heavy atom. The molecule has 2 aliphatic rings. The lowest BCUT2D eigenvalue weighted by Gasteiger charge is -2.26.